The van der Waals surface area contributed by atoms with Crippen LogP contribution in [0.15, 0.2) is 10.6 Å². The van der Waals surface area contributed by atoms with Gasteiger partial charge < -0.3 is 14.5 Å². The number of carbonyl (C=O) groups is 2. The largest absolute Gasteiger partial charge is 0.480 e. The maximum Gasteiger partial charge on any atom is 0.329 e. The van der Waals surface area contributed by atoms with E-state index in [1.54, 1.807) is 13.8 Å². The molecule has 0 spiro atoms. The molecule has 6 nitrogen and oxygen atoms in total. The van der Waals surface area contributed by atoms with Crippen LogP contribution in [0.5, 0.6) is 0 Å². The van der Waals surface area contributed by atoms with Crippen LogP contribution in [-0.2, 0) is 4.79 Å². The van der Waals surface area contributed by atoms with Gasteiger partial charge in [-0.25, -0.2) is 4.79 Å². The van der Waals surface area contributed by atoms with Crippen molar-refractivity contribution in [2.75, 3.05) is 6.54 Å². The number of carbonyl (C=O) groups excluding carboxylic acids is 1. The van der Waals surface area contributed by atoms with Crippen molar-refractivity contribution in [1.82, 2.24) is 10.1 Å². The van der Waals surface area contributed by atoms with E-state index < -0.39 is 17.4 Å². The Morgan fingerprint density at radius 1 is 1.53 bits per heavy atom. The molecule has 6 heteroatoms. The Morgan fingerprint density at radius 2 is 2.12 bits per heavy atom. The second kappa shape index (κ2) is 4.57. The number of hydrogen-bond donors (Lipinski definition) is 1. The zero-order chi connectivity index (χ0) is 13.2. The van der Waals surface area contributed by atoms with Crippen molar-refractivity contribution >= 4 is 11.9 Å². The van der Waals surface area contributed by atoms with Crippen molar-refractivity contribution in [2.24, 2.45) is 0 Å². The molecule has 0 unspecified atom stereocenters. The first-order chi connectivity index (χ1) is 7.80. The molecule has 94 valence electrons. The molecule has 0 aromatic carbocycles. The summed E-state index contributed by atoms with van der Waals surface area (Å²) in [5.74, 6) is -1.48. The average Bonchev–Trinajstić information content (AvgIpc) is 2.65. The normalized spacial score (nSPS) is 11.3. The van der Waals surface area contributed by atoms with Crippen LogP contribution >= 0.6 is 0 Å². The van der Waals surface area contributed by atoms with E-state index in [4.69, 9.17) is 9.63 Å². The van der Waals surface area contributed by atoms with Gasteiger partial charge in [0.25, 0.3) is 5.91 Å². The van der Waals surface area contributed by atoms with Gasteiger partial charge >= 0.3 is 5.97 Å². The van der Waals surface area contributed by atoms with Gasteiger partial charge in [-0.05, 0) is 27.7 Å². The van der Waals surface area contributed by atoms with Crippen molar-refractivity contribution in [3.63, 3.8) is 0 Å². The highest BCUT2D eigenvalue weighted by Gasteiger charge is 2.38. The molecule has 1 aromatic rings. The third kappa shape index (κ3) is 2.46. The van der Waals surface area contributed by atoms with Crippen molar-refractivity contribution in [2.45, 2.75) is 33.2 Å². The molecule has 0 saturated carbocycles. The van der Waals surface area contributed by atoms with Crippen LogP contribution in [0.3, 0.4) is 0 Å². The van der Waals surface area contributed by atoms with Gasteiger partial charge in [-0.1, -0.05) is 5.16 Å². The maximum atomic E-state index is 12.1. The van der Waals surface area contributed by atoms with E-state index >= 15 is 0 Å². The Morgan fingerprint density at radius 3 is 2.47 bits per heavy atom. The number of carboxylic acids is 1. The third-order valence-corrected chi connectivity index (χ3v) is 2.60. The van der Waals surface area contributed by atoms with E-state index in [-0.39, 0.29) is 12.3 Å². The quantitative estimate of drug-likeness (QED) is 0.857. The van der Waals surface area contributed by atoms with Crippen molar-refractivity contribution in [3.05, 3.63) is 17.5 Å². The summed E-state index contributed by atoms with van der Waals surface area (Å²) >= 11 is 0. The molecule has 17 heavy (non-hydrogen) atoms. The zero-order valence-corrected chi connectivity index (χ0v) is 10.4. The fourth-order valence-corrected chi connectivity index (χ4v) is 1.51. The number of nitrogens with zero attached hydrogens (tertiary/aromatic N) is 2. The van der Waals surface area contributed by atoms with Gasteiger partial charge in [0.1, 0.15) is 5.54 Å². The molecular weight excluding hydrogens is 224 g/mol. The molecule has 0 radical (unpaired) electrons. The van der Waals surface area contributed by atoms with E-state index in [2.05, 4.69) is 5.16 Å². The minimum absolute atomic E-state index is 0.0543. The fourth-order valence-electron chi connectivity index (χ4n) is 1.51. The maximum absolute atomic E-state index is 12.1. The molecule has 0 aliphatic carbocycles. The number of amides is 1. The lowest BCUT2D eigenvalue weighted by atomic mass is 10.0. The minimum atomic E-state index is -1.29. The molecule has 1 N–H and O–H groups in total. The van der Waals surface area contributed by atoms with Crippen molar-refractivity contribution in [3.8, 4) is 0 Å². The van der Waals surface area contributed by atoms with E-state index in [9.17, 15) is 9.59 Å². The Labute approximate surface area is 99.2 Å². The first-order valence-corrected chi connectivity index (χ1v) is 5.29. The summed E-state index contributed by atoms with van der Waals surface area (Å²) in [5, 5.41) is 12.7. The summed E-state index contributed by atoms with van der Waals surface area (Å²) in [6.07, 6.45) is 0. The Balaban J connectivity index is 3.04. The summed E-state index contributed by atoms with van der Waals surface area (Å²) in [5.41, 5.74) is -0.704. The van der Waals surface area contributed by atoms with E-state index in [1.165, 1.54) is 24.8 Å². The monoisotopic (exact) mass is 240 g/mol. The molecule has 1 amide bonds. The molecule has 0 bridgehead atoms. The van der Waals surface area contributed by atoms with E-state index in [0.717, 1.165) is 0 Å². The Kier molecular flexibility index (Phi) is 3.55. The van der Waals surface area contributed by atoms with Crippen LogP contribution < -0.4 is 0 Å². The van der Waals surface area contributed by atoms with Gasteiger partial charge in [0.2, 0.25) is 5.76 Å². The highest BCUT2D eigenvalue weighted by Crippen LogP contribution is 2.18. The number of hydrogen-bond acceptors (Lipinski definition) is 4. The third-order valence-electron chi connectivity index (χ3n) is 2.60. The average molecular weight is 240 g/mol. The fraction of sp³-hybridized carbons (Fsp3) is 0.545. The Hall–Kier alpha value is -1.85. The molecule has 1 heterocycles. The minimum Gasteiger partial charge on any atom is -0.480 e. The molecule has 0 saturated heterocycles. The van der Waals surface area contributed by atoms with Crippen LogP contribution in [0, 0.1) is 6.92 Å². The summed E-state index contributed by atoms with van der Waals surface area (Å²) in [7, 11) is 0. The van der Waals surface area contributed by atoms with Gasteiger partial charge in [-0.15, -0.1) is 0 Å². The van der Waals surface area contributed by atoms with Crippen molar-refractivity contribution < 1.29 is 19.2 Å². The van der Waals surface area contributed by atoms with Crippen LogP contribution in [0.25, 0.3) is 0 Å². The van der Waals surface area contributed by atoms with Crippen LogP contribution in [0.4, 0.5) is 0 Å². The molecule has 0 aliphatic heterocycles. The van der Waals surface area contributed by atoms with Crippen LogP contribution in [0.1, 0.15) is 37.0 Å². The van der Waals surface area contributed by atoms with E-state index in [1.807, 2.05) is 0 Å². The van der Waals surface area contributed by atoms with Gasteiger partial charge in [0.15, 0.2) is 0 Å². The summed E-state index contributed by atoms with van der Waals surface area (Å²) in [6.45, 7) is 6.63. The number of aromatic nitrogens is 1. The number of rotatable bonds is 4. The smallest absolute Gasteiger partial charge is 0.329 e. The molecule has 0 fully saturated rings. The number of carboxylic acid groups (broad SMARTS) is 1. The molecule has 1 rings (SSSR count). The predicted molar refractivity (Wildman–Crippen MR) is 59.7 cm³/mol. The van der Waals surface area contributed by atoms with E-state index in [0.29, 0.717) is 5.69 Å². The number of likely N-dealkylation sites (N-methyl/N-ethyl adjacent to an activating group) is 1. The highest BCUT2D eigenvalue weighted by molar-refractivity contribution is 5.95. The summed E-state index contributed by atoms with van der Waals surface area (Å²) < 4.78 is 4.85. The number of aryl methyl sites for hydroxylation is 1. The Bertz CT molecular complexity index is 436. The second-order valence-electron chi connectivity index (χ2n) is 4.25. The van der Waals surface area contributed by atoms with Gasteiger partial charge in [-0.3, -0.25) is 4.79 Å². The molecule has 1 aromatic heterocycles. The lowest BCUT2D eigenvalue weighted by Crippen LogP contribution is -2.52. The van der Waals surface area contributed by atoms with Crippen LogP contribution in [0.2, 0.25) is 0 Å². The topological polar surface area (TPSA) is 83.6 Å². The number of aliphatic carboxylic acids is 1. The zero-order valence-electron chi connectivity index (χ0n) is 10.4. The summed E-state index contributed by atoms with van der Waals surface area (Å²) in [6, 6.07) is 1.49. The second-order valence-corrected chi connectivity index (χ2v) is 4.25. The standard InChI is InChI=1S/C11H16N2O4/c1-5-13(11(3,4)10(15)16)9(14)8-6-7(2)12-17-8/h6H,5H2,1-4H3,(H,15,16). The lowest BCUT2D eigenvalue weighted by Gasteiger charge is -2.33. The lowest BCUT2D eigenvalue weighted by molar-refractivity contribution is -0.147. The molecule has 0 aliphatic rings. The van der Waals surface area contributed by atoms with Gasteiger partial charge in [-0.2, -0.15) is 0 Å². The molecular formula is C11H16N2O4. The first-order valence-electron chi connectivity index (χ1n) is 5.29. The van der Waals surface area contributed by atoms with Gasteiger partial charge in [0.05, 0.1) is 5.69 Å². The SMILES string of the molecule is CCN(C(=O)c1cc(C)no1)C(C)(C)C(=O)O. The highest BCUT2D eigenvalue weighted by atomic mass is 16.5. The van der Waals surface area contributed by atoms with Crippen LogP contribution in [-0.4, -0.2) is 39.1 Å². The van der Waals surface area contributed by atoms with Gasteiger partial charge in [0, 0.05) is 12.6 Å². The molecule has 0 atom stereocenters. The predicted octanol–water partition coefficient (Wildman–Crippen LogP) is 1.31. The van der Waals surface area contributed by atoms with Crippen molar-refractivity contribution in [1.29, 1.82) is 0 Å². The summed E-state index contributed by atoms with van der Waals surface area (Å²) in [4.78, 5) is 24.4. The first kappa shape index (κ1) is 13.2.